The van der Waals surface area contributed by atoms with Crippen molar-refractivity contribution < 1.29 is 39.6 Å². The van der Waals surface area contributed by atoms with Crippen LogP contribution in [0.3, 0.4) is 0 Å². The molecule has 0 aliphatic heterocycles. The van der Waals surface area contributed by atoms with E-state index in [0.29, 0.717) is 0 Å². The quantitative estimate of drug-likeness (QED) is 0.722. The van der Waals surface area contributed by atoms with Gasteiger partial charge in [0.1, 0.15) is 11.7 Å². The number of carbonyl (C=O) groups excluding carboxylic acids is 2. The molecular weight excluding hydrogens is 364 g/mol. The molecule has 0 heterocycles. The van der Waals surface area contributed by atoms with Crippen molar-refractivity contribution in [3.63, 3.8) is 0 Å². The summed E-state index contributed by atoms with van der Waals surface area (Å²) in [6.45, 7) is 4.65. The Balaban J connectivity index is 0. The first-order valence-electron chi connectivity index (χ1n) is 4.14. The van der Waals surface area contributed by atoms with E-state index in [-0.39, 0.29) is 38.2 Å². The van der Waals surface area contributed by atoms with E-state index in [9.17, 15) is 14.4 Å². The second kappa shape index (κ2) is 6.85. The van der Waals surface area contributed by atoms with Crippen molar-refractivity contribution in [1.82, 2.24) is 0 Å². The van der Waals surface area contributed by atoms with E-state index < -0.39 is 17.7 Å². The Labute approximate surface area is 96.4 Å². The predicted molar refractivity (Wildman–Crippen MR) is 46.3 cm³/mol. The minimum atomic E-state index is -1.18. The molecule has 1 radical (unpaired) electrons. The van der Waals surface area contributed by atoms with Crippen LogP contribution in [0.5, 0.6) is 0 Å². The fourth-order valence-corrected chi connectivity index (χ4v) is 0.667. The van der Waals surface area contributed by atoms with Gasteiger partial charge in [-0.25, -0.2) is 0 Å². The normalized spacial score (nSPS) is 11.7. The van der Waals surface area contributed by atoms with Gasteiger partial charge >= 0.3 is 5.97 Å². The molecule has 83 valence electrons. The summed E-state index contributed by atoms with van der Waals surface area (Å²) in [4.78, 5) is 32.5. The van der Waals surface area contributed by atoms with Crippen LogP contribution >= 0.6 is 0 Å². The van der Waals surface area contributed by atoms with Gasteiger partial charge in [-0.1, -0.05) is 13.8 Å². The largest absolute Gasteiger partial charge is 0.481 e. The molecule has 0 saturated carbocycles. The smallest absolute Gasteiger partial charge is 0.313 e. The molecule has 1 atom stereocenters. The van der Waals surface area contributed by atoms with Gasteiger partial charge in [0.05, 0.1) is 6.42 Å². The van der Waals surface area contributed by atoms with Gasteiger partial charge in [-0.05, 0) is 6.92 Å². The molecule has 0 fully saturated rings. The summed E-state index contributed by atoms with van der Waals surface area (Å²) in [6.07, 6.45) is -0.273. The number of carbonyl (C=O) groups is 3. The number of rotatable bonds is 5. The van der Waals surface area contributed by atoms with E-state index >= 15 is 0 Å². The first kappa shape index (κ1) is 15.9. The van der Waals surface area contributed by atoms with Crippen molar-refractivity contribution in [2.45, 2.75) is 27.2 Å². The summed E-state index contributed by atoms with van der Waals surface area (Å²) >= 11 is 0. The van der Waals surface area contributed by atoms with E-state index in [1.165, 1.54) is 6.92 Å². The summed E-state index contributed by atoms with van der Waals surface area (Å²) < 4.78 is 0. The van der Waals surface area contributed by atoms with Gasteiger partial charge in [-0.3, -0.25) is 14.4 Å². The van der Waals surface area contributed by atoms with Crippen LogP contribution in [0.1, 0.15) is 27.2 Å². The van der Waals surface area contributed by atoms with Crippen LogP contribution in [0.25, 0.3) is 0 Å². The van der Waals surface area contributed by atoms with Gasteiger partial charge < -0.3 is 5.11 Å². The molecule has 0 aliphatic rings. The first-order chi connectivity index (χ1) is 5.86. The number of hydrogen-bond acceptors (Lipinski definition) is 3. The Bertz CT molecular complexity index is 235. The minimum absolute atomic E-state index is 0. The second-order valence-corrected chi connectivity index (χ2v) is 3.32. The maximum atomic E-state index is 11.1. The SMILES string of the molecule is CC(C)C(=O)CC(=O)C(C)C(=O)O.[Ir]. The number of aliphatic carboxylic acids is 1. The maximum absolute atomic E-state index is 11.1. The molecule has 1 N–H and O–H groups in total. The zero-order chi connectivity index (χ0) is 10.6. The molecule has 0 rings (SSSR count). The van der Waals surface area contributed by atoms with Crippen LogP contribution < -0.4 is 0 Å². The van der Waals surface area contributed by atoms with E-state index in [1.54, 1.807) is 13.8 Å². The monoisotopic (exact) mass is 379 g/mol. The van der Waals surface area contributed by atoms with Crippen molar-refractivity contribution >= 4 is 17.5 Å². The van der Waals surface area contributed by atoms with Crippen LogP contribution in [0.4, 0.5) is 0 Å². The third-order valence-electron chi connectivity index (χ3n) is 1.85. The molecule has 0 amide bonds. The number of hydrogen-bond donors (Lipinski definition) is 1. The van der Waals surface area contributed by atoms with Crippen LogP contribution in [-0.2, 0) is 34.5 Å². The minimum Gasteiger partial charge on any atom is -0.481 e. The maximum Gasteiger partial charge on any atom is 0.313 e. The zero-order valence-electron chi connectivity index (χ0n) is 8.37. The third-order valence-corrected chi connectivity index (χ3v) is 1.85. The summed E-state index contributed by atoms with van der Waals surface area (Å²) in [7, 11) is 0. The van der Waals surface area contributed by atoms with Crippen LogP contribution in [0, 0.1) is 11.8 Å². The van der Waals surface area contributed by atoms with Gasteiger partial charge in [0.25, 0.3) is 0 Å². The number of carboxylic acids is 1. The fourth-order valence-electron chi connectivity index (χ4n) is 0.667. The molecule has 0 aromatic carbocycles. The van der Waals surface area contributed by atoms with Gasteiger partial charge in [0.15, 0.2) is 5.78 Å². The Morgan fingerprint density at radius 2 is 1.50 bits per heavy atom. The van der Waals surface area contributed by atoms with Crippen molar-refractivity contribution in [3.8, 4) is 0 Å². The summed E-state index contributed by atoms with van der Waals surface area (Å²) in [5.74, 6) is -3.21. The van der Waals surface area contributed by atoms with Gasteiger partial charge in [-0.2, -0.15) is 0 Å². The molecule has 5 heteroatoms. The molecule has 0 saturated heterocycles. The predicted octanol–water partition coefficient (Wildman–Crippen LogP) is 0.889. The molecule has 0 spiro atoms. The van der Waals surface area contributed by atoms with E-state index in [1.807, 2.05) is 0 Å². The molecule has 0 bridgehead atoms. The number of Topliss-reactive ketones (excluding diaryl/α,β-unsaturated/α-hetero) is 2. The van der Waals surface area contributed by atoms with E-state index in [0.717, 1.165) is 0 Å². The molecular formula is C9H14IrO4. The Hall–Kier alpha value is -0.541. The molecule has 0 aliphatic carbocycles. The first-order valence-corrected chi connectivity index (χ1v) is 4.14. The van der Waals surface area contributed by atoms with E-state index in [4.69, 9.17) is 5.11 Å². The molecule has 14 heavy (non-hydrogen) atoms. The van der Waals surface area contributed by atoms with Crippen LogP contribution in [-0.4, -0.2) is 22.6 Å². The van der Waals surface area contributed by atoms with Gasteiger partial charge in [0, 0.05) is 26.0 Å². The summed E-state index contributed by atoms with van der Waals surface area (Å²) in [5.41, 5.74) is 0. The average Bonchev–Trinajstić information content (AvgIpc) is 2.02. The van der Waals surface area contributed by atoms with Crippen molar-refractivity contribution in [2.24, 2.45) is 11.8 Å². The van der Waals surface area contributed by atoms with Gasteiger partial charge in [-0.15, -0.1) is 0 Å². The Morgan fingerprint density at radius 3 is 1.79 bits per heavy atom. The molecule has 1 unspecified atom stereocenters. The second-order valence-electron chi connectivity index (χ2n) is 3.32. The van der Waals surface area contributed by atoms with Gasteiger partial charge in [0.2, 0.25) is 0 Å². The van der Waals surface area contributed by atoms with Crippen LogP contribution in [0.15, 0.2) is 0 Å². The average molecular weight is 378 g/mol. The molecule has 0 aromatic rings. The molecule has 4 nitrogen and oxygen atoms in total. The Kier molecular flexibility index (Phi) is 7.78. The summed E-state index contributed by atoms with van der Waals surface area (Å²) in [6, 6.07) is 0. The topological polar surface area (TPSA) is 71.4 Å². The summed E-state index contributed by atoms with van der Waals surface area (Å²) in [5, 5.41) is 8.47. The standard InChI is InChI=1S/C9H14O4.Ir/c1-5(2)7(10)4-8(11)6(3)9(12)13;/h5-6H,4H2,1-3H3,(H,12,13);. The fraction of sp³-hybridized carbons (Fsp3) is 0.667. The van der Waals surface area contributed by atoms with Crippen molar-refractivity contribution in [1.29, 1.82) is 0 Å². The number of carboxylic acid groups (broad SMARTS) is 1. The Morgan fingerprint density at radius 1 is 1.07 bits per heavy atom. The van der Waals surface area contributed by atoms with Crippen molar-refractivity contribution in [3.05, 3.63) is 0 Å². The van der Waals surface area contributed by atoms with Crippen LogP contribution in [0.2, 0.25) is 0 Å². The van der Waals surface area contributed by atoms with Crippen molar-refractivity contribution in [2.75, 3.05) is 0 Å². The zero-order valence-corrected chi connectivity index (χ0v) is 10.8. The van der Waals surface area contributed by atoms with E-state index in [2.05, 4.69) is 0 Å². The molecule has 0 aromatic heterocycles. The third kappa shape index (κ3) is 5.25. The number of ketones is 2.